The van der Waals surface area contributed by atoms with Crippen molar-refractivity contribution < 1.29 is 4.74 Å². The zero-order chi connectivity index (χ0) is 7.82. The minimum absolute atomic E-state index is 0.458. The number of methoxy groups -OCH3 is 1. The molecule has 0 aliphatic rings. The van der Waals surface area contributed by atoms with E-state index in [4.69, 9.17) is 4.74 Å². The van der Waals surface area contributed by atoms with Crippen molar-refractivity contribution in [2.45, 2.75) is 38.7 Å². The van der Waals surface area contributed by atoms with Gasteiger partial charge in [0, 0.05) is 7.11 Å². The minimum atomic E-state index is 0.458. The highest BCUT2D eigenvalue weighted by Crippen LogP contribution is 2.07. The fourth-order valence-corrected chi connectivity index (χ4v) is 0.979. The molecule has 0 aliphatic heterocycles. The predicted molar refractivity (Wildman–Crippen MR) is 45.1 cm³/mol. The van der Waals surface area contributed by atoms with Crippen molar-refractivity contribution >= 4 is 0 Å². The lowest BCUT2D eigenvalue weighted by molar-refractivity contribution is 0.0906. The number of allylic oxidation sites excluding steroid dienone is 1. The van der Waals surface area contributed by atoms with Crippen LogP contribution in [0.1, 0.15) is 32.6 Å². The molecule has 1 unspecified atom stereocenters. The quantitative estimate of drug-likeness (QED) is 0.409. The van der Waals surface area contributed by atoms with Crippen molar-refractivity contribution in [2.75, 3.05) is 7.11 Å². The van der Waals surface area contributed by atoms with Gasteiger partial charge in [-0.3, -0.25) is 0 Å². The van der Waals surface area contributed by atoms with E-state index in [-0.39, 0.29) is 0 Å². The maximum absolute atomic E-state index is 5.21. The van der Waals surface area contributed by atoms with Crippen molar-refractivity contribution in [1.82, 2.24) is 0 Å². The molecule has 1 nitrogen and oxygen atoms in total. The third-order valence-corrected chi connectivity index (χ3v) is 1.72. The van der Waals surface area contributed by atoms with Gasteiger partial charge in [-0.1, -0.05) is 13.0 Å². The van der Waals surface area contributed by atoms with Crippen LogP contribution >= 0.6 is 0 Å². The van der Waals surface area contributed by atoms with Gasteiger partial charge in [0.25, 0.3) is 0 Å². The summed E-state index contributed by atoms with van der Waals surface area (Å²) in [4.78, 5) is 0. The topological polar surface area (TPSA) is 9.23 Å². The lowest BCUT2D eigenvalue weighted by Gasteiger charge is -2.10. The van der Waals surface area contributed by atoms with E-state index in [1.807, 2.05) is 6.08 Å². The minimum Gasteiger partial charge on any atom is -0.381 e. The summed E-state index contributed by atoms with van der Waals surface area (Å²) in [5, 5.41) is 0. The fraction of sp³-hybridized carbons (Fsp3) is 0.778. The summed E-state index contributed by atoms with van der Waals surface area (Å²) in [6.45, 7) is 5.82. The van der Waals surface area contributed by atoms with Gasteiger partial charge in [-0.05, 0) is 25.7 Å². The largest absolute Gasteiger partial charge is 0.381 e. The Balaban J connectivity index is 3.16. The molecule has 0 rings (SSSR count). The van der Waals surface area contributed by atoms with Gasteiger partial charge >= 0.3 is 0 Å². The van der Waals surface area contributed by atoms with Gasteiger partial charge in [-0.15, -0.1) is 6.58 Å². The Morgan fingerprint density at radius 1 is 1.60 bits per heavy atom. The maximum atomic E-state index is 5.21. The van der Waals surface area contributed by atoms with Crippen LogP contribution in [0.3, 0.4) is 0 Å². The highest BCUT2D eigenvalue weighted by Gasteiger charge is 2.01. The second-order valence-corrected chi connectivity index (χ2v) is 2.49. The molecule has 10 heavy (non-hydrogen) atoms. The van der Waals surface area contributed by atoms with Crippen molar-refractivity contribution in [2.24, 2.45) is 0 Å². The number of ether oxygens (including phenoxy) is 1. The normalized spacial score (nSPS) is 13.0. The Bertz CT molecular complexity index is 74.8. The number of hydrogen-bond donors (Lipinski definition) is 0. The van der Waals surface area contributed by atoms with Crippen LogP contribution in [0.2, 0.25) is 0 Å². The predicted octanol–water partition coefficient (Wildman–Crippen LogP) is 2.77. The molecule has 0 fully saturated rings. The average Bonchev–Trinajstić information content (AvgIpc) is 1.99. The van der Waals surface area contributed by atoms with E-state index in [2.05, 4.69) is 13.5 Å². The van der Waals surface area contributed by atoms with Crippen LogP contribution in [0.15, 0.2) is 12.7 Å². The summed E-state index contributed by atoms with van der Waals surface area (Å²) in [6, 6.07) is 0. The van der Waals surface area contributed by atoms with Crippen molar-refractivity contribution in [3.8, 4) is 0 Å². The van der Waals surface area contributed by atoms with Crippen molar-refractivity contribution in [1.29, 1.82) is 0 Å². The Morgan fingerprint density at radius 2 is 2.30 bits per heavy atom. The van der Waals surface area contributed by atoms with E-state index in [9.17, 15) is 0 Å². The first-order valence-corrected chi connectivity index (χ1v) is 3.98. The van der Waals surface area contributed by atoms with E-state index in [0.717, 1.165) is 12.8 Å². The van der Waals surface area contributed by atoms with Gasteiger partial charge in [-0.2, -0.15) is 0 Å². The SMILES string of the molecule is C=CCCCC(CC)OC. The molecule has 0 amide bonds. The van der Waals surface area contributed by atoms with Gasteiger partial charge in [0.1, 0.15) is 0 Å². The molecule has 0 saturated heterocycles. The fourth-order valence-electron chi connectivity index (χ4n) is 0.979. The highest BCUT2D eigenvalue weighted by atomic mass is 16.5. The zero-order valence-electron chi connectivity index (χ0n) is 7.10. The molecule has 0 N–H and O–H groups in total. The summed E-state index contributed by atoms with van der Waals surface area (Å²) >= 11 is 0. The van der Waals surface area contributed by atoms with E-state index in [1.54, 1.807) is 7.11 Å². The molecular formula is C9H18O. The Morgan fingerprint density at radius 3 is 2.70 bits per heavy atom. The first-order chi connectivity index (χ1) is 4.85. The first-order valence-electron chi connectivity index (χ1n) is 3.98. The van der Waals surface area contributed by atoms with Gasteiger partial charge < -0.3 is 4.74 Å². The van der Waals surface area contributed by atoms with E-state index in [0.29, 0.717) is 6.10 Å². The van der Waals surface area contributed by atoms with Crippen LogP contribution in [0.25, 0.3) is 0 Å². The molecule has 60 valence electrons. The monoisotopic (exact) mass is 142 g/mol. The highest BCUT2D eigenvalue weighted by molar-refractivity contribution is 4.67. The van der Waals surface area contributed by atoms with Crippen LogP contribution in [-0.2, 0) is 4.74 Å². The first kappa shape index (κ1) is 9.70. The molecule has 0 saturated carbocycles. The molecule has 0 aromatic heterocycles. The number of unbranched alkanes of at least 4 members (excludes halogenated alkanes) is 1. The second-order valence-electron chi connectivity index (χ2n) is 2.49. The molecular weight excluding hydrogens is 124 g/mol. The van der Waals surface area contributed by atoms with Gasteiger partial charge in [0.15, 0.2) is 0 Å². The molecule has 1 heteroatoms. The Hall–Kier alpha value is -0.300. The summed E-state index contributed by atoms with van der Waals surface area (Å²) in [5.41, 5.74) is 0. The van der Waals surface area contributed by atoms with Crippen LogP contribution in [0.5, 0.6) is 0 Å². The lowest BCUT2D eigenvalue weighted by atomic mass is 10.1. The average molecular weight is 142 g/mol. The zero-order valence-corrected chi connectivity index (χ0v) is 7.10. The molecule has 0 aliphatic carbocycles. The van der Waals surface area contributed by atoms with Crippen molar-refractivity contribution in [3.05, 3.63) is 12.7 Å². The Kier molecular flexibility index (Phi) is 6.61. The smallest absolute Gasteiger partial charge is 0.0568 e. The third kappa shape index (κ3) is 4.57. The van der Waals surface area contributed by atoms with E-state index >= 15 is 0 Å². The second kappa shape index (κ2) is 6.81. The molecule has 0 bridgehead atoms. The molecule has 0 aromatic carbocycles. The maximum Gasteiger partial charge on any atom is 0.0568 e. The van der Waals surface area contributed by atoms with Crippen LogP contribution in [0, 0.1) is 0 Å². The van der Waals surface area contributed by atoms with Gasteiger partial charge in [0.05, 0.1) is 6.10 Å². The number of hydrogen-bond acceptors (Lipinski definition) is 1. The standard InChI is InChI=1S/C9H18O/c1-4-6-7-8-9(5-2)10-3/h4,9H,1,5-8H2,2-3H3. The Labute approximate surface area is 64.1 Å². The molecule has 0 aromatic rings. The molecule has 0 spiro atoms. The summed E-state index contributed by atoms with van der Waals surface area (Å²) in [5.74, 6) is 0. The van der Waals surface area contributed by atoms with Gasteiger partial charge in [-0.25, -0.2) is 0 Å². The summed E-state index contributed by atoms with van der Waals surface area (Å²) < 4.78 is 5.21. The van der Waals surface area contributed by atoms with Crippen LogP contribution in [-0.4, -0.2) is 13.2 Å². The molecule has 0 radical (unpaired) electrons. The number of rotatable bonds is 6. The third-order valence-electron chi connectivity index (χ3n) is 1.72. The van der Waals surface area contributed by atoms with E-state index < -0.39 is 0 Å². The lowest BCUT2D eigenvalue weighted by Crippen LogP contribution is -2.07. The van der Waals surface area contributed by atoms with Crippen molar-refractivity contribution in [3.63, 3.8) is 0 Å². The summed E-state index contributed by atoms with van der Waals surface area (Å²) in [7, 11) is 1.78. The van der Waals surface area contributed by atoms with Crippen LogP contribution in [0.4, 0.5) is 0 Å². The van der Waals surface area contributed by atoms with Gasteiger partial charge in [0.2, 0.25) is 0 Å². The van der Waals surface area contributed by atoms with Crippen LogP contribution < -0.4 is 0 Å². The molecule has 1 atom stereocenters. The molecule has 0 heterocycles. The summed E-state index contributed by atoms with van der Waals surface area (Å²) in [6.07, 6.45) is 7.02. The van der Waals surface area contributed by atoms with E-state index in [1.165, 1.54) is 12.8 Å².